The molecule has 3 heterocycles. The lowest BCUT2D eigenvalue weighted by molar-refractivity contribution is 0.0915. The highest BCUT2D eigenvalue weighted by atomic mass is 16.5. The zero-order valence-electron chi connectivity index (χ0n) is 17.3. The fourth-order valence-corrected chi connectivity index (χ4v) is 4.44. The summed E-state index contributed by atoms with van der Waals surface area (Å²) in [5, 5.41) is 11.2. The number of carbonyl (C=O) groups is 1. The van der Waals surface area contributed by atoms with Crippen LogP contribution in [0.2, 0.25) is 0 Å². The van der Waals surface area contributed by atoms with Crippen molar-refractivity contribution >= 4 is 22.8 Å². The van der Waals surface area contributed by atoms with E-state index in [1.165, 1.54) is 0 Å². The minimum absolute atomic E-state index is 0.0230. The number of hydrogen-bond donors (Lipinski definition) is 2. The maximum absolute atomic E-state index is 13.1. The third-order valence-electron chi connectivity index (χ3n) is 5.95. The van der Waals surface area contributed by atoms with Crippen molar-refractivity contribution in [2.75, 3.05) is 31.2 Å². The van der Waals surface area contributed by atoms with Crippen LogP contribution < -0.4 is 10.2 Å². The number of H-pyrrole nitrogens is 1. The Morgan fingerprint density at radius 2 is 2.07 bits per heavy atom. The van der Waals surface area contributed by atoms with Gasteiger partial charge in [0.25, 0.3) is 5.91 Å². The summed E-state index contributed by atoms with van der Waals surface area (Å²) >= 11 is 0. The maximum Gasteiger partial charge on any atom is 0.272 e. The van der Waals surface area contributed by atoms with Crippen LogP contribution in [0.3, 0.4) is 0 Å². The molecule has 1 atom stereocenters. The van der Waals surface area contributed by atoms with Crippen molar-refractivity contribution in [1.82, 2.24) is 25.5 Å². The summed E-state index contributed by atoms with van der Waals surface area (Å²) in [5.41, 5.74) is 3.31. The van der Waals surface area contributed by atoms with Crippen LogP contribution in [0.1, 0.15) is 48.1 Å². The molecule has 2 aliphatic rings. The molecule has 1 aliphatic heterocycles. The number of amides is 1. The van der Waals surface area contributed by atoms with Crippen molar-refractivity contribution in [3.63, 3.8) is 0 Å². The normalized spacial score (nSPS) is 20.7. The highest BCUT2D eigenvalue weighted by molar-refractivity contribution is 6.04. The van der Waals surface area contributed by atoms with Crippen molar-refractivity contribution in [3.05, 3.63) is 47.4 Å². The van der Waals surface area contributed by atoms with Gasteiger partial charge in [-0.25, -0.2) is 9.97 Å². The third kappa shape index (κ3) is 3.52. The second-order valence-electron chi connectivity index (χ2n) is 8.86. The topological polar surface area (TPSA) is 96.0 Å². The lowest BCUT2D eigenvalue weighted by Crippen LogP contribution is -2.39. The van der Waals surface area contributed by atoms with Crippen molar-refractivity contribution in [1.29, 1.82) is 0 Å². The average molecular weight is 406 g/mol. The number of hydrogen-bond acceptors (Lipinski definition) is 6. The molecule has 2 aromatic heterocycles. The number of fused-ring (bicyclic) bond motifs is 2. The number of nitrogens with zero attached hydrogens (tertiary/aromatic N) is 4. The van der Waals surface area contributed by atoms with Crippen molar-refractivity contribution in [3.8, 4) is 0 Å². The monoisotopic (exact) mass is 406 g/mol. The Morgan fingerprint density at radius 1 is 1.27 bits per heavy atom. The molecule has 2 N–H and O–H groups in total. The molecular formula is C22H26N6O2. The molecule has 8 heteroatoms. The maximum atomic E-state index is 13.1. The molecule has 1 aromatic carbocycles. The van der Waals surface area contributed by atoms with Crippen molar-refractivity contribution in [2.45, 2.75) is 32.7 Å². The number of para-hydroxylation sites is 1. The van der Waals surface area contributed by atoms with E-state index in [0.29, 0.717) is 18.9 Å². The number of nitrogens with one attached hydrogen (secondary N) is 2. The summed E-state index contributed by atoms with van der Waals surface area (Å²) in [4.78, 5) is 24.7. The Morgan fingerprint density at radius 3 is 2.90 bits per heavy atom. The van der Waals surface area contributed by atoms with Gasteiger partial charge in [-0.2, -0.15) is 5.10 Å². The van der Waals surface area contributed by atoms with Crippen LogP contribution in [-0.2, 0) is 11.2 Å². The van der Waals surface area contributed by atoms with Crippen LogP contribution in [0.5, 0.6) is 0 Å². The smallest absolute Gasteiger partial charge is 0.272 e. The predicted octanol–water partition coefficient (Wildman–Crippen LogP) is 2.63. The fourth-order valence-electron chi connectivity index (χ4n) is 4.44. The van der Waals surface area contributed by atoms with Gasteiger partial charge in [0.15, 0.2) is 5.69 Å². The second-order valence-corrected chi connectivity index (χ2v) is 8.86. The van der Waals surface area contributed by atoms with Crippen LogP contribution in [0.4, 0.5) is 5.95 Å². The first-order valence-electron chi connectivity index (χ1n) is 10.4. The zero-order chi connectivity index (χ0) is 20.7. The van der Waals surface area contributed by atoms with Crippen molar-refractivity contribution in [2.24, 2.45) is 5.41 Å². The van der Waals surface area contributed by atoms with Crippen LogP contribution in [0.25, 0.3) is 10.9 Å². The SMILES string of the molecule is CC1(C)Cc2nc(N3CCOCC3)ncc2C(NC(=O)c2n[nH]c3ccccc23)C1. The molecule has 3 aromatic rings. The van der Waals surface area contributed by atoms with Gasteiger partial charge >= 0.3 is 0 Å². The fraction of sp³-hybridized carbons (Fsp3) is 0.455. The van der Waals surface area contributed by atoms with Crippen molar-refractivity contribution < 1.29 is 9.53 Å². The summed E-state index contributed by atoms with van der Waals surface area (Å²) in [6.45, 7) is 7.43. The summed E-state index contributed by atoms with van der Waals surface area (Å²) in [6.07, 6.45) is 3.57. The van der Waals surface area contributed by atoms with Gasteiger partial charge in [0.2, 0.25) is 5.95 Å². The highest BCUT2D eigenvalue weighted by Gasteiger charge is 2.35. The minimum Gasteiger partial charge on any atom is -0.378 e. The number of aromatic nitrogens is 4. The summed E-state index contributed by atoms with van der Waals surface area (Å²) in [6, 6.07) is 7.51. The average Bonchev–Trinajstić information content (AvgIpc) is 3.17. The van der Waals surface area contributed by atoms with Crippen LogP contribution >= 0.6 is 0 Å². The molecule has 5 rings (SSSR count). The molecule has 0 saturated carbocycles. The molecule has 0 radical (unpaired) electrons. The Balaban J connectivity index is 1.43. The van der Waals surface area contributed by atoms with E-state index in [2.05, 4.69) is 39.2 Å². The van der Waals surface area contributed by atoms with E-state index in [9.17, 15) is 4.79 Å². The van der Waals surface area contributed by atoms with Gasteiger partial charge < -0.3 is 15.0 Å². The van der Waals surface area contributed by atoms with Gasteiger partial charge in [0, 0.05) is 30.2 Å². The molecule has 8 nitrogen and oxygen atoms in total. The van der Waals surface area contributed by atoms with E-state index in [-0.39, 0.29) is 17.4 Å². The summed E-state index contributed by atoms with van der Waals surface area (Å²) in [5.74, 6) is 0.566. The third-order valence-corrected chi connectivity index (χ3v) is 5.95. The molecule has 30 heavy (non-hydrogen) atoms. The lowest BCUT2D eigenvalue weighted by Gasteiger charge is -2.37. The zero-order valence-corrected chi connectivity index (χ0v) is 17.3. The molecule has 1 aliphatic carbocycles. The minimum atomic E-state index is -0.182. The van der Waals surface area contributed by atoms with Crippen LogP contribution in [0, 0.1) is 5.41 Å². The molecule has 1 saturated heterocycles. The van der Waals surface area contributed by atoms with Gasteiger partial charge in [-0.05, 0) is 24.3 Å². The van der Waals surface area contributed by atoms with E-state index >= 15 is 0 Å². The van der Waals surface area contributed by atoms with Gasteiger partial charge in [0.1, 0.15) is 0 Å². The van der Waals surface area contributed by atoms with E-state index in [4.69, 9.17) is 9.72 Å². The number of carbonyl (C=O) groups excluding carboxylic acids is 1. The van der Waals surface area contributed by atoms with E-state index in [1.54, 1.807) is 0 Å². The predicted molar refractivity (Wildman–Crippen MR) is 113 cm³/mol. The van der Waals surface area contributed by atoms with E-state index in [0.717, 1.165) is 54.0 Å². The standard InChI is InChI=1S/C22H26N6O2/c1-22(2)11-17(24-20(29)19-14-5-3-4-6-16(14)26-27-19)15-13-23-21(25-18(15)12-22)28-7-9-30-10-8-28/h3-6,13,17H,7-12H2,1-2H3,(H,24,29)(H,26,27). The Kier molecular flexibility index (Phi) is 4.66. The molecule has 156 valence electrons. The molecular weight excluding hydrogens is 380 g/mol. The first kappa shape index (κ1) is 19.0. The molecule has 1 amide bonds. The number of morpholine rings is 1. The lowest BCUT2D eigenvalue weighted by atomic mass is 9.74. The largest absolute Gasteiger partial charge is 0.378 e. The summed E-state index contributed by atoms with van der Waals surface area (Å²) in [7, 11) is 0. The van der Waals surface area contributed by atoms with Gasteiger partial charge in [0.05, 0.1) is 30.5 Å². The van der Waals surface area contributed by atoms with E-state index in [1.807, 2.05) is 30.5 Å². The molecule has 0 spiro atoms. The summed E-state index contributed by atoms with van der Waals surface area (Å²) < 4.78 is 5.44. The van der Waals surface area contributed by atoms with Gasteiger partial charge in [-0.1, -0.05) is 32.0 Å². The number of anilines is 1. The van der Waals surface area contributed by atoms with Gasteiger partial charge in [-0.3, -0.25) is 9.89 Å². The van der Waals surface area contributed by atoms with E-state index < -0.39 is 0 Å². The Bertz CT molecular complexity index is 1090. The number of aromatic amines is 1. The molecule has 1 unspecified atom stereocenters. The Labute approximate surface area is 175 Å². The number of rotatable bonds is 3. The Hall–Kier alpha value is -3.00. The molecule has 0 bridgehead atoms. The van der Waals surface area contributed by atoms with Crippen LogP contribution in [0.15, 0.2) is 30.5 Å². The van der Waals surface area contributed by atoms with Crippen LogP contribution in [-0.4, -0.2) is 52.4 Å². The first-order valence-corrected chi connectivity index (χ1v) is 10.4. The number of ether oxygens (including phenoxy) is 1. The number of benzene rings is 1. The highest BCUT2D eigenvalue weighted by Crippen LogP contribution is 2.40. The second kappa shape index (κ2) is 7.36. The first-order chi connectivity index (χ1) is 14.5. The van der Waals surface area contributed by atoms with Gasteiger partial charge in [-0.15, -0.1) is 0 Å². The quantitative estimate of drug-likeness (QED) is 0.694. The molecule has 1 fully saturated rings.